The van der Waals surface area contributed by atoms with Crippen molar-refractivity contribution in [2.75, 3.05) is 14.2 Å². The monoisotopic (exact) mass is 297 g/mol. The van der Waals surface area contributed by atoms with Crippen molar-refractivity contribution >= 4 is 12.4 Å². The Labute approximate surface area is 125 Å². The van der Waals surface area contributed by atoms with Crippen LogP contribution in [0.25, 0.3) is 0 Å². The number of halogens is 1. The molecule has 2 aromatic rings. The minimum absolute atomic E-state index is 0. The van der Waals surface area contributed by atoms with Crippen LogP contribution < -0.4 is 5.32 Å². The predicted octanol–water partition coefficient (Wildman–Crippen LogP) is 2.38. The molecule has 1 aromatic carbocycles. The lowest BCUT2D eigenvalue weighted by Crippen LogP contribution is -2.24. The third-order valence-electron chi connectivity index (χ3n) is 3.03. The molecule has 2 atom stereocenters. The van der Waals surface area contributed by atoms with Gasteiger partial charge >= 0.3 is 0 Å². The Morgan fingerprint density at radius 1 is 1.30 bits per heavy atom. The highest BCUT2D eigenvalue weighted by atomic mass is 35.5. The largest absolute Gasteiger partial charge is 0.367 e. The van der Waals surface area contributed by atoms with Crippen molar-refractivity contribution in [1.29, 1.82) is 0 Å². The van der Waals surface area contributed by atoms with Crippen LogP contribution in [0.3, 0.4) is 0 Å². The van der Waals surface area contributed by atoms with Gasteiger partial charge in [-0.15, -0.1) is 12.4 Å². The number of rotatable bonds is 6. The minimum atomic E-state index is -0.313. The quantitative estimate of drug-likeness (QED) is 0.887. The van der Waals surface area contributed by atoms with Gasteiger partial charge in [-0.1, -0.05) is 35.5 Å². The molecule has 0 fully saturated rings. The molecule has 6 heteroatoms. The lowest BCUT2D eigenvalue weighted by molar-refractivity contribution is 0.105. The first-order valence-corrected chi connectivity index (χ1v) is 6.32. The third kappa shape index (κ3) is 4.03. The van der Waals surface area contributed by atoms with Gasteiger partial charge < -0.3 is 14.6 Å². The summed E-state index contributed by atoms with van der Waals surface area (Å²) in [5.74, 6) is 1.18. The summed E-state index contributed by atoms with van der Waals surface area (Å²) in [5.41, 5.74) is 1.00. The number of hydrogen-bond acceptors (Lipinski definition) is 5. The second-order valence-electron chi connectivity index (χ2n) is 4.47. The maximum absolute atomic E-state index is 5.46. The van der Waals surface area contributed by atoms with E-state index < -0.39 is 0 Å². The van der Waals surface area contributed by atoms with Crippen LogP contribution in [0.5, 0.6) is 0 Å². The molecule has 2 unspecified atom stereocenters. The number of nitrogens with zero attached hydrogens (tertiary/aromatic N) is 2. The first kappa shape index (κ1) is 16.6. The highest BCUT2D eigenvalue weighted by Gasteiger charge is 2.20. The summed E-state index contributed by atoms with van der Waals surface area (Å²) >= 11 is 0. The van der Waals surface area contributed by atoms with E-state index in [1.54, 1.807) is 7.11 Å². The van der Waals surface area contributed by atoms with Crippen molar-refractivity contribution in [1.82, 2.24) is 15.5 Å². The summed E-state index contributed by atoms with van der Waals surface area (Å²) in [7, 11) is 3.55. The highest BCUT2D eigenvalue weighted by Crippen LogP contribution is 2.23. The Balaban J connectivity index is 0.00000200. The fourth-order valence-electron chi connectivity index (χ4n) is 1.84. The van der Waals surface area contributed by atoms with Crippen LogP contribution >= 0.6 is 12.4 Å². The molecule has 1 aromatic heterocycles. The number of likely N-dealkylation sites (N-methyl/N-ethyl adjacent to an activating group) is 1. The van der Waals surface area contributed by atoms with Gasteiger partial charge in [0.15, 0.2) is 11.9 Å². The van der Waals surface area contributed by atoms with Crippen LogP contribution in [0.4, 0.5) is 0 Å². The molecule has 0 aliphatic carbocycles. The van der Waals surface area contributed by atoms with Crippen molar-refractivity contribution in [3.05, 3.63) is 47.6 Å². The number of benzene rings is 1. The Morgan fingerprint density at radius 2 is 2.00 bits per heavy atom. The summed E-state index contributed by atoms with van der Waals surface area (Å²) in [4.78, 5) is 4.40. The van der Waals surface area contributed by atoms with E-state index in [1.807, 2.05) is 37.4 Å². The van der Waals surface area contributed by atoms with E-state index in [0.717, 1.165) is 12.0 Å². The lowest BCUT2D eigenvalue weighted by Gasteiger charge is -2.10. The molecule has 1 N–H and O–H groups in total. The van der Waals surface area contributed by atoms with Crippen molar-refractivity contribution in [3.8, 4) is 0 Å². The average molecular weight is 298 g/mol. The van der Waals surface area contributed by atoms with Gasteiger partial charge in [-0.25, -0.2) is 0 Å². The van der Waals surface area contributed by atoms with Crippen molar-refractivity contribution in [2.24, 2.45) is 0 Å². The molecule has 2 rings (SSSR count). The van der Waals surface area contributed by atoms with E-state index in [9.17, 15) is 0 Å². The van der Waals surface area contributed by atoms with E-state index >= 15 is 0 Å². The number of ether oxygens (including phenoxy) is 1. The topological polar surface area (TPSA) is 60.2 Å². The standard InChI is InChI=1S/C14H19N3O2.ClH/c1-10(15-2)9-12-16-14(19-17-12)13(18-3)11-7-5-4-6-8-11;/h4-8,10,13,15H,9H2,1-3H3;1H. The zero-order chi connectivity index (χ0) is 13.7. The van der Waals surface area contributed by atoms with E-state index in [2.05, 4.69) is 22.4 Å². The molecule has 0 aliphatic rings. The van der Waals surface area contributed by atoms with Crippen molar-refractivity contribution < 1.29 is 9.26 Å². The van der Waals surface area contributed by atoms with Gasteiger partial charge in [0, 0.05) is 19.6 Å². The van der Waals surface area contributed by atoms with E-state index in [4.69, 9.17) is 9.26 Å². The molecule has 0 spiro atoms. The van der Waals surface area contributed by atoms with Crippen LogP contribution in [0.15, 0.2) is 34.9 Å². The van der Waals surface area contributed by atoms with Crippen molar-refractivity contribution in [3.63, 3.8) is 0 Å². The van der Waals surface area contributed by atoms with Crippen LogP contribution in [-0.2, 0) is 11.2 Å². The number of hydrogen-bond donors (Lipinski definition) is 1. The molecule has 0 saturated heterocycles. The van der Waals surface area contributed by atoms with Crippen LogP contribution in [-0.4, -0.2) is 30.3 Å². The molecule has 5 nitrogen and oxygen atoms in total. The van der Waals surface area contributed by atoms with E-state index in [1.165, 1.54) is 0 Å². The molecule has 0 aliphatic heterocycles. The third-order valence-corrected chi connectivity index (χ3v) is 3.03. The summed E-state index contributed by atoms with van der Waals surface area (Å²) in [6.07, 6.45) is 0.415. The summed E-state index contributed by atoms with van der Waals surface area (Å²) < 4.78 is 10.8. The van der Waals surface area contributed by atoms with Gasteiger partial charge in [-0.2, -0.15) is 4.98 Å². The first-order chi connectivity index (χ1) is 9.24. The smallest absolute Gasteiger partial charge is 0.260 e. The molecule has 0 amide bonds. The number of methoxy groups -OCH3 is 1. The van der Waals surface area contributed by atoms with Crippen molar-refractivity contribution in [2.45, 2.75) is 25.5 Å². The first-order valence-electron chi connectivity index (χ1n) is 6.32. The Bertz CT molecular complexity index is 504. The second kappa shape index (κ2) is 7.99. The Morgan fingerprint density at radius 3 is 2.60 bits per heavy atom. The van der Waals surface area contributed by atoms with E-state index in [0.29, 0.717) is 17.8 Å². The lowest BCUT2D eigenvalue weighted by atomic mass is 10.1. The number of aromatic nitrogens is 2. The number of nitrogens with one attached hydrogen (secondary N) is 1. The zero-order valence-electron chi connectivity index (χ0n) is 11.9. The zero-order valence-corrected chi connectivity index (χ0v) is 12.7. The van der Waals surface area contributed by atoms with Gasteiger partial charge in [0.2, 0.25) is 0 Å². The fraction of sp³-hybridized carbons (Fsp3) is 0.429. The average Bonchev–Trinajstić information content (AvgIpc) is 2.89. The summed E-state index contributed by atoms with van der Waals surface area (Å²) in [6, 6.07) is 10.2. The minimum Gasteiger partial charge on any atom is -0.367 e. The molecule has 0 saturated carbocycles. The molecule has 20 heavy (non-hydrogen) atoms. The molecule has 1 heterocycles. The Hall–Kier alpha value is -1.43. The molecule has 0 bridgehead atoms. The van der Waals surface area contributed by atoms with Crippen LogP contribution in [0, 0.1) is 0 Å². The fourth-order valence-corrected chi connectivity index (χ4v) is 1.84. The van der Waals surface area contributed by atoms with E-state index in [-0.39, 0.29) is 18.5 Å². The van der Waals surface area contributed by atoms with Crippen LogP contribution in [0.2, 0.25) is 0 Å². The molecular weight excluding hydrogens is 278 g/mol. The van der Waals surface area contributed by atoms with Gasteiger partial charge in [-0.05, 0) is 19.5 Å². The Kier molecular flexibility index (Phi) is 6.64. The molecular formula is C14H20ClN3O2. The van der Waals surface area contributed by atoms with Gasteiger partial charge in [-0.3, -0.25) is 0 Å². The second-order valence-corrected chi connectivity index (χ2v) is 4.47. The van der Waals surface area contributed by atoms with Gasteiger partial charge in [0.25, 0.3) is 5.89 Å². The van der Waals surface area contributed by atoms with Crippen LogP contribution in [0.1, 0.15) is 30.3 Å². The molecule has 0 radical (unpaired) electrons. The predicted molar refractivity (Wildman–Crippen MR) is 79.1 cm³/mol. The highest BCUT2D eigenvalue weighted by molar-refractivity contribution is 5.85. The maximum Gasteiger partial charge on any atom is 0.260 e. The molecule has 110 valence electrons. The van der Waals surface area contributed by atoms with Gasteiger partial charge in [0.1, 0.15) is 0 Å². The summed E-state index contributed by atoms with van der Waals surface area (Å²) in [6.45, 7) is 2.07. The SMILES string of the molecule is CNC(C)Cc1noc(C(OC)c2ccccc2)n1.Cl. The summed E-state index contributed by atoms with van der Waals surface area (Å²) in [5, 5.41) is 7.14. The maximum atomic E-state index is 5.46. The van der Waals surface area contributed by atoms with Gasteiger partial charge in [0.05, 0.1) is 0 Å². The normalized spacial score (nSPS) is 13.6.